The second-order valence-corrected chi connectivity index (χ2v) is 7.80. The maximum atomic E-state index is 13.5. The summed E-state index contributed by atoms with van der Waals surface area (Å²) in [7, 11) is 1.64. The normalized spacial score (nSPS) is 20.8. The minimum absolute atomic E-state index is 0.0321. The average molecular weight is 418 g/mol. The highest BCUT2D eigenvalue weighted by Gasteiger charge is 2.41. The number of methoxy groups -OCH3 is 1. The number of dihydropyridines is 1. The first-order valence-electron chi connectivity index (χ1n) is 10.5. The van der Waals surface area contributed by atoms with Crippen LogP contribution in [0.1, 0.15) is 49.7 Å². The molecule has 31 heavy (non-hydrogen) atoms. The summed E-state index contributed by atoms with van der Waals surface area (Å²) in [6.45, 7) is 3.91. The number of rotatable bonds is 5. The summed E-state index contributed by atoms with van der Waals surface area (Å²) in [4.78, 5) is 30.5. The monoisotopic (exact) mass is 418 g/mol. The third kappa shape index (κ3) is 3.98. The van der Waals surface area contributed by atoms with Gasteiger partial charge in [0.1, 0.15) is 5.75 Å². The molecule has 2 heterocycles. The van der Waals surface area contributed by atoms with Crippen LogP contribution >= 0.6 is 0 Å². The van der Waals surface area contributed by atoms with E-state index in [9.17, 15) is 9.59 Å². The number of ketones is 1. The predicted octanol–water partition coefficient (Wildman–Crippen LogP) is 4.01. The molecule has 0 unspecified atom stereocenters. The lowest BCUT2D eigenvalue weighted by Gasteiger charge is -2.36. The zero-order chi connectivity index (χ0) is 22.0. The summed E-state index contributed by atoms with van der Waals surface area (Å²) >= 11 is 0. The molecule has 1 aliphatic heterocycles. The van der Waals surface area contributed by atoms with Crippen LogP contribution in [0.15, 0.2) is 71.3 Å². The Morgan fingerprint density at radius 3 is 2.71 bits per heavy atom. The molecule has 0 radical (unpaired) electrons. The third-order valence-corrected chi connectivity index (χ3v) is 5.91. The first-order chi connectivity index (χ1) is 15.0. The Balaban J connectivity index is 1.77. The van der Waals surface area contributed by atoms with Gasteiger partial charge in [-0.2, -0.15) is 0 Å². The van der Waals surface area contributed by atoms with Crippen molar-refractivity contribution >= 4 is 11.8 Å². The maximum Gasteiger partial charge on any atom is 0.336 e. The number of nitrogens with zero attached hydrogens (tertiary/aromatic N) is 1. The van der Waals surface area contributed by atoms with Crippen molar-refractivity contribution in [1.82, 2.24) is 10.3 Å². The molecular weight excluding hydrogens is 392 g/mol. The largest absolute Gasteiger partial charge is 0.497 e. The van der Waals surface area contributed by atoms with E-state index in [1.54, 1.807) is 26.4 Å². The number of hydrogen-bond acceptors (Lipinski definition) is 6. The zero-order valence-corrected chi connectivity index (χ0v) is 18.0. The van der Waals surface area contributed by atoms with Gasteiger partial charge in [-0.05, 0) is 55.5 Å². The van der Waals surface area contributed by atoms with E-state index in [1.807, 2.05) is 43.3 Å². The van der Waals surface area contributed by atoms with Gasteiger partial charge in [-0.3, -0.25) is 9.78 Å². The highest BCUT2D eigenvalue weighted by Crippen LogP contribution is 2.45. The molecule has 1 N–H and O–H groups in total. The van der Waals surface area contributed by atoms with Gasteiger partial charge in [0.15, 0.2) is 5.78 Å². The number of esters is 1. The van der Waals surface area contributed by atoms with E-state index in [0.717, 1.165) is 22.6 Å². The lowest BCUT2D eigenvalue weighted by molar-refractivity contribution is -0.138. The van der Waals surface area contributed by atoms with Gasteiger partial charge >= 0.3 is 5.97 Å². The number of ether oxygens (including phenoxy) is 2. The summed E-state index contributed by atoms with van der Waals surface area (Å²) in [5, 5.41) is 3.35. The van der Waals surface area contributed by atoms with E-state index in [2.05, 4.69) is 10.3 Å². The van der Waals surface area contributed by atoms with Crippen LogP contribution in [-0.2, 0) is 14.3 Å². The number of benzene rings is 1. The second-order valence-electron chi connectivity index (χ2n) is 7.80. The molecule has 6 nitrogen and oxygen atoms in total. The Labute approximate surface area is 182 Å². The lowest BCUT2D eigenvalue weighted by atomic mass is 9.72. The van der Waals surface area contributed by atoms with E-state index in [0.29, 0.717) is 29.7 Å². The zero-order valence-electron chi connectivity index (χ0n) is 18.0. The molecule has 0 saturated carbocycles. The molecule has 6 heteroatoms. The third-order valence-electron chi connectivity index (χ3n) is 5.91. The standard InChI is InChI=1S/C25H26N2O4/c1-4-31-25(29)22-15(2)27-20-12-18(16-7-5-9-19(11-16)30-3)13-21(28)24(20)23(22)17-8-6-10-26-14-17/h5-11,14,18,23,27H,4,12-13H2,1-3H3/t18-,23-/m0/s1. The Hall–Kier alpha value is -3.41. The van der Waals surface area contributed by atoms with Crippen LogP contribution < -0.4 is 10.1 Å². The molecule has 160 valence electrons. The summed E-state index contributed by atoms with van der Waals surface area (Å²) in [5.74, 6) is -0.0429. The summed E-state index contributed by atoms with van der Waals surface area (Å²) in [6.07, 6.45) is 4.45. The van der Waals surface area contributed by atoms with Crippen LogP contribution in [0.5, 0.6) is 5.75 Å². The summed E-state index contributed by atoms with van der Waals surface area (Å²) < 4.78 is 10.7. The van der Waals surface area contributed by atoms with Crippen molar-refractivity contribution < 1.29 is 19.1 Å². The molecule has 2 atom stereocenters. The van der Waals surface area contributed by atoms with Crippen LogP contribution in [-0.4, -0.2) is 30.5 Å². The van der Waals surface area contributed by atoms with Gasteiger partial charge in [-0.15, -0.1) is 0 Å². The first-order valence-corrected chi connectivity index (χ1v) is 10.5. The Morgan fingerprint density at radius 2 is 2.00 bits per heavy atom. The van der Waals surface area contributed by atoms with Gasteiger partial charge in [0.2, 0.25) is 0 Å². The van der Waals surface area contributed by atoms with Crippen LogP contribution in [0.25, 0.3) is 0 Å². The van der Waals surface area contributed by atoms with E-state index in [-0.39, 0.29) is 18.3 Å². The molecule has 0 amide bonds. The second kappa shape index (κ2) is 8.76. The number of hydrogen-bond donors (Lipinski definition) is 1. The van der Waals surface area contributed by atoms with Crippen molar-refractivity contribution in [3.05, 3.63) is 82.5 Å². The van der Waals surface area contributed by atoms with E-state index >= 15 is 0 Å². The quantitative estimate of drug-likeness (QED) is 0.739. The minimum Gasteiger partial charge on any atom is -0.497 e. The minimum atomic E-state index is -0.484. The van der Waals surface area contributed by atoms with Crippen molar-refractivity contribution in [2.45, 2.75) is 38.5 Å². The molecule has 0 spiro atoms. The van der Waals surface area contributed by atoms with Gasteiger partial charge in [0, 0.05) is 41.7 Å². The number of aromatic nitrogens is 1. The molecule has 1 aromatic carbocycles. The topological polar surface area (TPSA) is 77.5 Å². The van der Waals surface area contributed by atoms with Crippen molar-refractivity contribution in [1.29, 1.82) is 0 Å². The van der Waals surface area contributed by atoms with Crippen molar-refractivity contribution in [3.8, 4) is 5.75 Å². The fourth-order valence-electron chi connectivity index (χ4n) is 4.53. The van der Waals surface area contributed by atoms with E-state index in [1.165, 1.54) is 0 Å². The van der Waals surface area contributed by atoms with Gasteiger partial charge < -0.3 is 14.8 Å². The Kier molecular flexibility index (Phi) is 5.89. The SMILES string of the molecule is CCOC(=O)C1=C(C)NC2=C(C(=O)C[C@@H](c3cccc(OC)c3)C2)[C@H]1c1cccnc1. The maximum absolute atomic E-state index is 13.5. The van der Waals surface area contributed by atoms with Crippen molar-refractivity contribution in [2.24, 2.45) is 0 Å². The average Bonchev–Trinajstić information content (AvgIpc) is 2.78. The highest BCUT2D eigenvalue weighted by atomic mass is 16.5. The number of carbonyl (C=O) groups excluding carboxylic acids is 2. The summed E-state index contributed by atoms with van der Waals surface area (Å²) in [5.41, 5.74) is 4.57. The van der Waals surface area contributed by atoms with Crippen molar-refractivity contribution in [2.75, 3.05) is 13.7 Å². The fourth-order valence-corrected chi connectivity index (χ4v) is 4.53. The Bertz CT molecular complexity index is 1070. The number of carbonyl (C=O) groups is 2. The van der Waals surface area contributed by atoms with E-state index in [4.69, 9.17) is 9.47 Å². The Morgan fingerprint density at radius 1 is 1.19 bits per heavy atom. The molecule has 0 fully saturated rings. The van der Waals surface area contributed by atoms with Crippen molar-refractivity contribution in [3.63, 3.8) is 0 Å². The van der Waals surface area contributed by atoms with Gasteiger partial charge in [0.05, 0.1) is 19.3 Å². The molecule has 2 aliphatic rings. The number of allylic oxidation sites excluding steroid dienone is 3. The van der Waals surface area contributed by atoms with Gasteiger partial charge in [-0.1, -0.05) is 18.2 Å². The van der Waals surface area contributed by atoms with Gasteiger partial charge in [-0.25, -0.2) is 4.79 Å². The van der Waals surface area contributed by atoms with Gasteiger partial charge in [0.25, 0.3) is 0 Å². The summed E-state index contributed by atoms with van der Waals surface area (Å²) in [6, 6.07) is 11.6. The predicted molar refractivity (Wildman–Crippen MR) is 116 cm³/mol. The first kappa shape index (κ1) is 20.8. The molecule has 2 aromatic rings. The number of Topliss-reactive ketones (excluding diaryl/α,β-unsaturated/α-hetero) is 1. The molecule has 4 rings (SSSR count). The lowest BCUT2D eigenvalue weighted by Crippen LogP contribution is -2.36. The molecule has 1 aromatic heterocycles. The molecular formula is C25H26N2O4. The van der Waals surface area contributed by atoms with Crippen LogP contribution in [0, 0.1) is 0 Å². The molecule has 0 saturated heterocycles. The van der Waals surface area contributed by atoms with E-state index < -0.39 is 11.9 Å². The van der Waals surface area contributed by atoms with Crippen LogP contribution in [0.3, 0.4) is 0 Å². The van der Waals surface area contributed by atoms with Crippen LogP contribution in [0.4, 0.5) is 0 Å². The highest BCUT2D eigenvalue weighted by molar-refractivity contribution is 6.04. The van der Waals surface area contributed by atoms with Crippen LogP contribution in [0.2, 0.25) is 0 Å². The number of nitrogens with one attached hydrogen (secondary N) is 1. The number of pyridine rings is 1. The smallest absolute Gasteiger partial charge is 0.336 e. The molecule has 1 aliphatic carbocycles. The molecule has 0 bridgehead atoms. The fraction of sp³-hybridized carbons (Fsp3) is 0.320.